The Hall–Kier alpha value is -3.26. The first-order chi connectivity index (χ1) is 13.5. The summed E-state index contributed by atoms with van der Waals surface area (Å²) in [5, 5.41) is 17.9. The molecule has 1 atom stereocenters. The molecule has 1 saturated heterocycles. The highest BCUT2D eigenvalue weighted by molar-refractivity contribution is 5.95. The topological polar surface area (TPSA) is 83.3 Å². The van der Waals surface area contributed by atoms with E-state index in [0.29, 0.717) is 30.9 Å². The first-order valence-corrected chi connectivity index (χ1v) is 9.01. The van der Waals surface area contributed by atoms with E-state index in [0.717, 1.165) is 5.56 Å². The number of rotatable bonds is 3. The summed E-state index contributed by atoms with van der Waals surface area (Å²) in [7, 11) is 0. The summed E-state index contributed by atoms with van der Waals surface area (Å²) in [6.45, 7) is 3.48. The monoisotopic (exact) mass is 381 g/mol. The second-order valence-electron chi connectivity index (χ2n) is 6.74. The molecule has 8 heteroatoms. The Balaban J connectivity index is 1.66. The Bertz CT molecular complexity index is 1010. The minimum Gasteiger partial charge on any atom is -0.504 e. The van der Waals surface area contributed by atoms with Crippen LogP contribution in [0.2, 0.25) is 0 Å². The van der Waals surface area contributed by atoms with E-state index < -0.39 is 0 Å². The summed E-state index contributed by atoms with van der Waals surface area (Å²) in [6.07, 6.45) is 4.79. The van der Waals surface area contributed by atoms with Crippen molar-refractivity contribution in [2.24, 2.45) is 0 Å². The summed E-state index contributed by atoms with van der Waals surface area (Å²) < 4.78 is 14.8. The average molecular weight is 381 g/mol. The Kier molecular flexibility index (Phi) is 4.79. The summed E-state index contributed by atoms with van der Waals surface area (Å²) in [4.78, 5) is 19.0. The normalized spacial score (nSPS) is 16.9. The summed E-state index contributed by atoms with van der Waals surface area (Å²) >= 11 is 0. The van der Waals surface area contributed by atoms with E-state index in [1.54, 1.807) is 30.3 Å². The fourth-order valence-corrected chi connectivity index (χ4v) is 3.47. The lowest BCUT2D eigenvalue weighted by atomic mass is 10.0. The largest absolute Gasteiger partial charge is 0.504 e. The number of aryl methyl sites for hydroxylation is 1. The van der Waals surface area contributed by atoms with Gasteiger partial charge in [0.1, 0.15) is 5.82 Å². The third-order valence-electron chi connectivity index (χ3n) is 4.88. The first kappa shape index (κ1) is 18.1. The van der Waals surface area contributed by atoms with Crippen LogP contribution in [0.4, 0.5) is 4.39 Å². The van der Waals surface area contributed by atoms with Gasteiger partial charge in [0.05, 0.1) is 17.9 Å². The lowest BCUT2D eigenvalue weighted by molar-refractivity contribution is 0.0624. The molecule has 1 aliphatic heterocycles. The van der Waals surface area contributed by atoms with Gasteiger partial charge in [0, 0.05) is 32.0 Å². The van der Waals surface area contributed by atoms with Crippen molar-refractivity contribution >= 4 is 5.91 Å². The number of aromatic nitrogens is 3. The van der Waals surface area contributed by atoms with Crippen LogP contribution in [-0.2, 0) is 0 Å². The number of halogens is 1. The van der Waals surface area contributed by atoms with Crippen LogP contribution in [0, 0.1) is 12.7 Å². The van der Waals surface area contributed by atoms with Crippen molar-refractivity contribution in [3.8, 4) is 11.4 Å². The standard InChI is InChI=1S/C20H20FN5O2/c1-13-9-15(21)4-5-16(13)26-12-18(27)19(24-26)20(28)25-8-7-23-11-17(25)14-3-2-6-22-10-14/h2-6,9-10,12,17,23,27H,7-8,11H2,1H3. The van der Waals surface area contributed by atoms with Gasteiger partial charge in [-0.25, -0.2) is 9.07 Å². The third-order valence-corrected chi connectivity index (χ3v) is 4.88. The molecule has 1 unspecified atom stereocenters. The molecular weight excluding hydrogens is 361 g/mol. The molecule has 3 aromatic rings. The van der Waals surface area contributed by atoms with Gasteiger partial charge in [-0.2, -0.15) is 5.10 Å². The van der Waals surface area contributed by atoms with Gasteiger partial charge in [0.15, 0.2) is 11.4 Å². The van der Waals surface area contributed by atoms with Gasteiger partial charge >= 0.3 is 0 Å². The van der Waals surface area contributed by atoms with E-state index in [1.807, 2.05) is 12.1 Å². The van der Waals surface area contributed by atoms with Crippen molar-refractivity contribution in [1.29, 1.82) is 0 Å². The number of aromatic hydroxyl groups is 1. The first-order valence-electron chi connectivity index (χ1n) is 9.01. The predicted octanol–water partition coefficient (Wildman–Crippen LogP) is 2.21. The van der Waals surface area contributed by atoms with Gasteiger partial charge in [-0.3, -0.25) is 9.78 Å². The van der Waals surface area contributed by atoms with Gasteiger partial charge in [0.2, 0.25) is 0 Å². The summed E-state index contributed by atoms with van der Waals surface area (Å²) in [5.74, 6) is -0.919. The molecule has 0 saturated carbocycles. The molecule has 7 nitrogen and oxygen atoms in total. The van der Waals surface area contributed by atoms with Crippen LogP contribution in [0.15, 0.2) is 48.9 Å². The predicted molar refractivity (Wildman–Crippen MR) is 101 cm³/mol. The maximum Gasteiger partial charge on any atom is 0.278 e. The number of hydrogen-bond acceptors (Lipinski definition) is 5. The molecule has 0 spiro atoms. The number of pyridine rings is 1. The number of amides is 1. The van der Waals surface area contributed by atoms with E-state index in [9.17, 15) is 14.3 Å². The molecule has 1 fully saturated rings. The zero-order valence-electron chi connectivity index (χ0n) is 15.3. The fourth-order valence-electron chi connectivity index (χ4n) is 3.47. The number of carbonyl (C=O) groups is 1. The Morgan fingerprint density at radius 3 is 2.96 bits per heavy atom. The molecule has 2 aromatic heterocycles. The van der Waals surface area contributed by atoms with Crippen molar-refractivity contribution in [2.45, 2.75) is 13.0 Å². The maximum atomic E-state index is 13.4. The number of carbonyl (C=O) groups excluding carboxylic acids is 1. The van der Waals surface area contributed by atoms with Gasteiger partial charge < -0.3 is 15.3 Å². The van der Waals surface area contributed by atoms with Crippen LogP contribution in [0.3, 0.4) is 0 Å². The van der Waals surface area contributed by atoms with E-state index in [4.69, 9.17) is 0 Å². The zero-order valence-corrected chi connectivity index (χ0v) is 15.3. The quantitative estimate of drug-likeness (QED) is 0.727. The fraction of sp³-hybridized carbons (Fsp3) is 0.250. The highest BCUT2D eigenvalue weighted by atomic mass is 19.1. The SMILES string of the molecule is Cc1cc(F)ccc1-n1cc(O)c(C(=O)N2CCNCC2c2cccnc2)n1. The zero-order chi connectivity index (χ0) is 19.7. The lowest BCUT2D eigenvalue weighted by Crippen LogP contribution is -2.48. The molecule has 0 radical (unpaired) electrons. The number of hydrogen-bond donors (Lipinski definition) is 2. The van der Waals surface area contributed by atoms with Gasteiger partial charge in [-0.05, 0) is 42.3 Å². The van der Waals surface area contributed by atoms with Crippen LogP contribution in [-0.4, -0.2) is 50.3 Å². The number of nitrogens with zero attached hydrogens (tertiary/aromatic N) is 4. The average Bonchev–Trinajstić information content (AvgIpc) is 3.09. The van der Waals surface area contributed by atoms with Crippen LogP contribution >= 0.6 is 0 Å². The molecule has 28 heavy (non-hydrogen) atoms. The number of piperazine rings is 1. The molecule has 0 aliphatic carbocycles. The Labute approximate surface area is 161 Å². The molecule has 0 bridgehead atoms. The minimum atomic E-state index is -0.355. The van der Waals surface area contributed by atoms with Crippen LogP contribution in [0.25, 0.3) is 5.69 Å². The Morgan fingerprint density at radius 2 is 2.21 bits per heavy atom. The van der Waals surface area contributed by atoms with E-state index in [1.165, 1.54) is 23.0 Å². The smallest absolute Gasteiger partial charge is 0.278 e. The lowest BCUT2D eigenvalue weighted by Gasteiger charge is -2.36. The molecule has 1 aromatic carbocycles. The van der Waals surface area contributed by atoms with Crippen molar-refractivity contribution in [3.63, 3.8) is 0 Å². The van der Waals surface area contributed by atoms with Gasteiger partial charge in [-0.1, -0.05) is 6.07 Å². The highest BCUT2D eigenvalue weighted by Gasteiger charge is 2.32. The molecule has 1 aliphatic rings. The van der Waals surface area contributed by atoms with Crippen molar-refractivity contribution < 1.29 is 14.3 Å². The van der Waals surface area contributed by atoms with Gasteiger partial charge in [-0.15, -0.1) is 0 Å². The molecule has 1 amide bonds. The second kappa shape index (κ2) is 7.40. The third kappa shape index (κ3) is 3.34. The summed E-state index contributed by atoms with van der Waals surface area (Å²) in [6, 6.07) is 7.81. The van der Waals surface area contributed by atoms with Crippen molar-refractivity contribution in [3.05, 3.63) is 71.6 Å². The van der Waals surface area contributed by atoms with Crippen LogP contribution < -0.4 is 5.32 Å². The number of benzene rings is 1. The summed E-state index contributed by atoms with van der Waals surface area (Å²) in [5.41, 5.74) is 2.13. The van der Waals surface area contributed by atoms with Crippen LogP contribution in [0.5, 0.6) is 5.75 Å². The highest BCUT2D eigenvalue weighted by Crippen LogP contribution is 2.27. The minimum absolute atomic E-state index is 0.0282. The number of nitrogens with one attached hydrogen (secondary N) is 1. The van der Waals surface area contributed by atoms with E-state index in [-0.39, 0.29) is 29.2 Å². The maximum absolute atomic E-state index is 13.4. The van der Waals surface area contributed by atoms with Crippen molar-refractivity contribution in [1.82, 2.24) is 25.0 Å². The molecular formula is C20H20FN5O2. The molecule has 144 valence electrons. The van der Waals surface area contributed by atoms with Crippen LogP contribution in [0.1, 0.15) is 27.7 Å². The van der Waals surface area contributed by atoms with E-state index in [2.05, 4.69) is 15.4 Å². The van der Waals surface area contributed by atoms with Gasteiger partial charge in [0.25, 0.3) is 5.91 Å². The second-order valence-corrected chi connectivity index (χ2v) is 6.74. The molecule has 2 N–H and O–H groups in total. The van der Waals surface area contributed by atoms with E-state index >= 15 is 0 Å². The van der Waals surface area contributed by atoms with Crippen molar-refractivity contribution in [2.75, 3.05) is 19.6 Å². The molecule has 4 rings (SSSR count). The molecule has 3 heterocycles. The Morgan fingerprint density at radius 1 is 1.36 bits per heavy atom.